The molecule has 144 valence electrons. The Balaban J connectivity index is 1.86. The molecule has 0 radical (unpaired) electrons. The zero-order valence-electron chi connectivity index (χ0n) is 16.0. The molecule has 0 bridgehead atoms. The summed E-state index contributed by atoms with van der Waals surface area (Å²) in [5.41, 5.74) is 4.23. The number of nitrogens with one attached hydrogen (secondary N) is 2. The lowest BCUT2D eigenvalue weighted by Gasteiger charge is -2.14. The molecule has 0 aliphatic heterocycles. The summed E-state index contributed by atoms with van der Waals surface area (Å²) in [5.74, 6) is -0.234. The number of anilines is 2. The number of hydrogen-bond acceptors (Lipinski definition) is 3. The molecular formula is C22H22N2O3S. The Kier molecular flexibility index (Phi) is 5.51. The summed E-state index contributed by atoms with van der Waals surface area (Å²) < 4.78 is 27.8. The third-order valence-corrected chi connectivity index (χ3v) is 6.02. The predicted octanol–water partition coefficient (Wildman–Crippen LogP) is 4.66. The normalized spacial score (nSPS) is 11.1. The maximum atomic E-state index is 12.6. The van der Waals surface area contributed by atoms with Crippen molar-refractivity contribution in [1.82, 2.24) is 0 Å². The Hall–Kier alpha value is -3.12. The minimum absolute atomic E-state index is 0.180. The number of hydrogen-bond donors (Lipinski definition) is 2. The Morgan fingerprint density at radius 1 is 0.821 bits per heavy atom. The molecule has 2 N–H and O–H groups in total. The highest BCUT2D eigenvalue weighted by atomic mass is 32.2. The van der Waals surface area contributed by atoms with Crippen LogP contribution in [0.25, 0.3) is 0 Å². The number of rotatable bonds is 5. The summed E-state index contributed by atoms with van der Waals surface area (Å²) in [6.45, 7) is 5.66. The van der Waals surface area contributed by atoms with E-state index in [0.29, 0.717) is 16.9 Å². The fourth-order valence-electron chi connectivity index (χ4n) is 2.81. The molecule has 6 heteroatoms. The quantitative estimate of drug-likeness (QED) is 0.661. The van der Waals surface area contributed by atoms with E-state index in [1.165, 1.54) is 12.1 Å². The molecule has 3 rings (SSSR count). The second-order valence-electron chi connectivity index (χ2n) is 6.65. The highest BCUT2D eigenvalue weighted by Crippen LogP contribution is 2.24. The fraction of sp³-hybridized carbons (Fsp3) is 0.136. The zero-order valence-corrected chi connectivity index (χ0v) is 16.8. The van der Waals surface area contributed by atoms with Gasteiger partial charge in [-0.2, -0.15) is 0 Å². The predicted molar refractivity (Wildman–Crippen MR) is 112 cm³/mol. The molecule has 0 aliphatic carbocycles. The largest absolute Gasteiger partial charge is 0.322 e. The van der Waals surface area contributed by atoms with E-state index in [0.717, 1.165) is 16.7 Å². The summed E-state index contributed by atoms with van der Waals surface area (Å²) in [7, 11) is -3.71. The fourth-order valence-corrected chi connectivity index (χ4v) is 3.95. The Labute approximate surface area is 165 Å². The molecule has 1 amide bonds. The van der Waals surface area contributed by atoms with Crippen LogP contribution in [0.2, 0.25) is 0 Å². The van der Waals surface area contributed by atoms with E-state index in [1.54, 1.807) is 49.4 Å². The van der Waals surface area contributed by atoms with Gasteiger partial charge in [-0.25, -0.2) is 8.42 Å². The lowest BCUT2D eigenvalue weighted by molar-refractivity contribution is 0.102. The van der Waals surface area contributed by atoms with Gasteiger partial charge in [-0.3, -0.25) is 9.52 Å². The molecule has 0 saturated heterocycles. The van der Waals surface area contributed by atoms with Crippen molar-refractivity contribution >= 4 is 27.3 Å². The van der Waals surface area contributed by atoms with Gasteiger partial charge in [0.25, 0.3) is 15.9 Å². The number of aryl methyl sites for hydroxylation is 2. The van der Waals surface area contributed by atoms with Crippen LogP contribution >= 0.6 is 0 Å². The molecule has 0 heterocycles. The molecule has 0 spiro atoms. The molecule has 0 fully saturated rings. The van der Waals surface area contributed by atoms with Gasteiger partial charge in [-0.05, 0) is 67.8 Å². The van der Waals surface area contributed by atoms with Gasteiger partial charge >= 0.3 is 0 Å². The molecule has 3 aromatic carbocycles. The smallest absolute Gasteiger partial charge is 0.261 e. The molecule has 0 saturated carbocycles. The summed E-state index contributed by atoms with van der Waals surface area (Å²) in [4.78, 5) is 12.8. The number of carbonyl (C=O) groups excluding carboxylic acids is 1. The lowest BCUT2D eigenvalue weighted by atomic mass is 10.0. The third kappa shape index (κ3) is 4.23. The van der Waals surface area contributed by atoms with Gasteiger partial charge in [-0.1, -0.05) is 36.4 Å². The van der Waals surface area contributed by atoms with Crippen LogP contribution in [0, 0.1) is 20.8 Å². The lowest BCUT2D eigenvalue weighted by Crippen LogP contribution is -2.16. The Morgan fingerprint density at radius 3 is 2.25 bits per heavy atom. The molecule has 5 nitrogen and oxygen atoms in total. The highest BCUT2D eigenvalue weighted by Gasteiger charge is 2.16. The minimum Gasteiger partial charge on any atom is -0.322 e. The SMILES string of the molecule is Cc1ccc(NC(=O)c2cccc(C)c2C)cc1NS(=O)(=O)c1ccccc1. The van der Waals surface area contributed by atoms with Gasteiger partial charge in [-0.15, -0.1) is 0 Å². The van der Waals surface area contributed by atoms with E-state index < -0.39 is 10.0 Å². The molecule has 0 aliphatic rings. The molecule has 0 atom stereocenters. The van der Waals surface area contributed by atoms with Crippen LogP contribution in [-0.2, 0) is 10.0 Å². The first kappa shape index (κ1) is 19.6. The van der Waals surface area contributed by atoms with Gasteiger partial charge < -0.3 is 5.32 Å². The number of carbonyl (C=O) groups is 1. The third-order valence-electron chi connectivity index (χ3n) is 4.64. The Morgan fingerprint density at radius 2 is 1.54 bits per heavy atom. The standard InChI is InChI=1S/C22H22N2O3S/c1-15-8-7-11-20(17(15)3)22(25)23-18-13-12-16(2)21(14-18)24-28(26,27)19-9-5-4-6-10-19/h4-14,24H,1-3H3,(H,23,25). The van der Waals surface area contributed by atoms with Crippen molar-refractivity contribution in [2.75, 3.05) is 10.0 Å². The van der Waals surface area contributed by atoms with Gasteiger partial charge in [0.2, 0.25) is 0 Å². The van der Waals surface area contributed by atoms with Crippen molar-refractivity contribution in [2.45, 2.75) is 25.7 Å². The van der Waals surface area contributed by atoms with E-state index in [4.69, 9.17) is 0 Å². The maximum absolute atomic E-state index is 12.6. The van der Waals surface area contributed by atoms with Crippen molar-refractivity contribution in [3.8, 4) is 0 Å². The summed E-state index contributed by atoms with van der Waals surface area (Å²) in [6, 6.07) is 18.9. The second-order valence-corrected chi connectivity index (χ2v) is 8.33. The van der Waals surface area contributed by atoms with E-state index in [1.807, 2.05) is 26.0 Å². The van der Waals surface area contributed by atoms with Crippen LogP contribution in [0.15, 0.2) is 71.6 Å². The number of benzene rings is 3. The number of amides is 1. The molecule has 0 unspecified atom stereocenters. The van der Waals surface area contributed by atoms with Crippen LogP contribution in [-0.4, -0.2) is 14.3 Å². The summed E-state index contributed by atoms with van der Waals surface area (Å²) in [5, 5.41) is 2.85. The summed E-state index contributed by atoms with van der Waals surface area (Å²) >= 11 is 0. The van der Waals surface area contributed by atoms with E-state index >= 15 is 0 Å². The van der Waals surface area contributed by atoms with Crippen LogP contribution in [0.4, 0.5) is 11.4 Å². The highest BCUT2D eigenvalue weighted by molar-refractivity contribution is 7.92. The van der Waals surface area contributed by atoms with Crippen molar-refractivity contribution in [1.29, 1.82) is 0 Å². The van der Waals surface area contributed by atoms with E-state index in [9.17, 15) is 13.2 Å². The van der Waals surface area contributed by atoms with Gasteiger partial charge in [0.1, 0.15) is 0 Å². The maximum Gasteiger partial charge on any atom is 0.261 e. The van der Waals surface area contributed by atoms with Gasteiger partial charge in [0.05, 0.1) is 10.6 Å². The van der Waals surface area contributed by atoms with Crippen molar-refractivity contribution < 1.29 is 13.2 Å². The molecule has 3 aromatic rings. The van der Waals surface area contributed by atoms with Gasteiger partial charge in [0, 0.05) is 11.3 Å². The van der Waals surface area contributed by atoms with E-state index in [2.05, 4.69) is 10.0 Å². The van der Waals surface area contributed by atoms with Crippen molar-refractivity contribution in [3.63, 3.8) is 0 Å². The van der Waals surface area contributed by atoms with Crippen LogP contribution in [0.3, 0.4) is 0 Å². The average molecular weight is 394 g/mol. The minimum atomic E-state index is -3.71. The van der Waals surface area contributed by atoms with Gasteiger partial charge in [0.15, 0.2) is 0 Å². The Bertz CT molecular complexity index is 1120. The molecule has 28 heavy (non-hydrogen) atoms. The molecule has 0 aromatic heterocycles. The topological polar surface area (TPSA) is 75.3 Å². The van der Waals surface area contributed by atoms with Crippen LogP contribution in [0.5, 0.6) is 0 Å². The van der Waals surface area contributed by atoms with Crippen molar-refractivity contribution in [2.24, 2.45) is 0 Å². The first-order chi connectivity index (χ1) is 13.3. The first-order valence-electron chi connectivity index (χ1n) is 8.84. The first-order valence-corrected chi connectivity index (χ1v) is 10.3. The molecular weight excluding hydrogens is 372 g/mol. The van der Waals surface area contributed by atoms with Crippen LogP contribution < -0.4 is 10.0 Å². The van der Waals surface area contributed by atoms with E-state index in [-0.39, 0.29) is 10.8 Å². The monoisotopic (exact) mass is 394 g/mol. The van der Waals surface area contributed by atoms with Crippen molar-refractivity contribution in [3.05, 3.63) is 89.0 Å². The van der Waals surface area contributed by atoms with Crippen LogP contribution in [0.1, 0.15) is 27.0 Å². The zero-order chi connectivity index (χ0) is 20.3. The average Bonchev–Trinajstić information content (AvgIpc) is 2.67. The summed E-state index contributed by atoms with van der Waals surface area (Å²) in [6.07, 6.45) is 0. The number of sulfonamides is 1. The second kappa shape index (κ2) is 7.86.